The number of halogens is 1. The molecule has 5 nitrogen and oxygen atoms in total. The lowest BCUT2D eigenvalue weighted by Crippen LogP contribution is -2.49. The van der Waals surface area contributed by atoms with Crippen molar-refractivity contribution in [1.29, 1.82) is 0 Å². The van der Waals surface area contributed by atoms with E-state index in [1.807, 2.05) is 23.1 Å². The van der Waals surface area contributed by atoms with Gasteiger partial charge in [-0.25, -0.2) is 4.98 Å². The standard InChI is InChI=1S/C19H20ClN3O2S/c1-25-12-11-22-7-9-23(10-8-22)19(24)17-14-21-18(26-17)6-5-15-3-2-4-16(20)13-15/h2-4,13-14H,7-12H2,1H3. The zero-order valence-electron chi connectivity index (χ0n) is 14.6. The number of thiazole rings is 1. The second-order valence-corrected chi connectivity index (χ2v) is 7.38. The third-order valence-corrected chi connectivity index (χ3v) is 5.26. The number of hydrogen-bond acceptors (Lipinski definition) is 5. The maximum absolute atomic E-state index is 12.6. The molecule has 0 saturated carbocycles. The molecule has 0 bridgehead atoms. The van der Waals surface area contributed by atoms with Crippen LogP contribution >= 0.6 is 22.9 Å². The molecule has 0 atom stereocenters. The average molecular weight is 390 g/mol. The van der Waals surface area contributed by atoms with Gasteiger partial charge in [-0.2, -0.15) is 0 Å². The summed E-state index contributed by atoms with van der Waals surface area (Å²) in [6.07, 6.45) is 1.62. The van der Waals surface area contributed by atoms with E-state index >= 15 is 0 Å². The summed E-state index contributed by atoms with van der Waals surface area (Å²) < 4.78 is 5.10. The summed E-state index contributed by atoms with van der Waals surface area (Å²) >= 11 is 7.29. The number of hydrogen-bond donors (Lipinski definition) is 0. The van der Waals surface area contributed by atoms with E-state index in [-0.39, 0.29) is 5.91 Å². The molecule has 1 saturated heterocycles. The lowest BCUT2D eigenvalue weighted by atomic mass is 10.2. The van der Waals surface area contributed by atoms with E-state index in [4.69, 9.17) is 16.3 Å². The van der Waals surface area contributed by atoms with E-state index in [1.165, 1.54) is 11.3 Å². The molecular formula is C19H20ClN3O2S. The third-order valence-electron chi connectivity index (χ3n) is 4.13. The fraction of sp³-hybridized carbons (Fsp3) is 0.368. The molecule has 1 aliphatic heterocycles. The molecule has 136 valence electrons. The maximum Gasteiger partial charge on any atom is 0.265 e. The van der Waals surface area contributed by atoms with Crippen molar-refractivity contribution >= 4 is 28.8 Å². The van der Waals surface area contributed by atoms with Crippen LogP contribution in [0, 0.1) is 11.8 Å². The van der Waals surface area contributed by atoms with Gasteiger partial charge in [0.2, 0.25) is 0 Å². The molecule has 7 heteroatoms. The van der Waals surface area contributed by atoms with Crippen molar-refractivity contribution in [3.05, 3.63) is 50.9 Å². The van der Waals surface area contributed by atoms with Crippen molar-refractivity contribution in [3.8, 4) is 11.8 Å². The molecule has 3 rings (SSSR count). The Morgan fingerprint density at radius 1 is 1.31 bits per heavy atom. The quantitative estimate of drug-likeness (QED) is 0.754. The number of benzene rings is 1. The first kappa shape index (κ1) is 18.9. The normalized spacial score (nSPS) is 14.8. The Morgan fingerprint density at radius 3 is 2.85 bits per heavy atom. The number of carbonyl (C=O) groups excluding carboxylic acids is 1. The van der Waals surface area contributed by atoms with E-state index in [1.54, 1.807) is 19.4 Å². The van der Waals surface area contributed by atoms with Crippen molar-refractivity contribution in [3.63, 3.8) is 0 Å². The van der Waals surface area contributed by atoms with Gasteiger partial charge in [-0.3, -0.25) is 9.69 Å². The minimum absolute atomic E-state index is 0.0321. The van der Waals surface area contributed by atoms with Gasteiger partial charge in [0.15, 0.2) is 5.01 Å². The third kappa shape index (κ3) is 5.05. The van der Waals surface area contributed by atoms with Crippen molar-refractivity contribution in [2.75, 3.05) is 46.4 Å². The Hall–Kier alpha value is -1.91. The Morgan fingerprint density at radius 2 is 2.12 bits per heavy atom. The molecule has 1 aliphatic rings. The number of aromatic nitrogens is 1. The maximum atomic E-state index is 12.6. The van der Waals surface area contributed by atoms with Crippen LogP contribution in [0.1, 0.15) is 20.2 Å². The van der Waals surface area contributed by atoms with E-state index < -0.39 is 0 Å². The van der Waals surface area contributed by atoms with Gasteiger partial charge in [-0.1, -0.05) is 23.6 Å². The Labute approximate surface area is 162 Å². The van der Waals surface area contributed by atoms with Gasteiger partial charge in [0.25, 0.3) is 5.91 Å². The molecule has 2 aromatic rings. The van der Waals surface area contributed by atoms with Gasteiger partial charge in [0.05, 0.1) is 12.8 Å². The fourth-order valence-electron chi connectivity index (χ4n) is 2.67. The summed E-state index contributed by atoms with van der Waals surface area (Å²) in [6.45, 7) is 4.82. The molecule has 0 N–H and O–H groups in total. The zero-order chi connectivity index (χ0) is 18.4. The predicted molar refractivity (Wildman–Crippen MR) is 104 cm³/mol. The molecule has 1 aromatic heterocycles. The van der Waals surface area contributed by atoms with Gasteiger partial charge in [-0.05, 0) is 24.1 Å². The minimum Gasteiger partial charge on any atom is -0.383 e. The minimum atomic E-state index is 0.0321. The molecule has 1 amide bonds. The van der Waals surface area contributed by atoms with Crippen LogP contribution in [0.4, 0.5) is 0 Å². The first-order chi connectivity index (χ1) is 12.7. The van der Waals surface area contributed by atoms with Crippen LogP contribution in [0.25, 0.3) is 0 Å². The zero-order valence-corrected chi connectivity index (χ0v) is 16.1. The van der Waals surface area contributed by atoms with Gasteiger partial charge >= 0.3 is 0 Å². The topological polar surface area (TPSA) is 45.7 Å². The van der Waals surface area contributed by atoms with Crippen LogP contribution in [-0.2, 0) is 4.74 Å². The molecule has 0 radical (unpaired) electrons. The van der Waals surface area contributed by atoms with Crippen molar-refractivity contribution in [2.24, 2.45) is 0 Å². The highest BCUT2D eigenvalue weighted by molar-refractivity contribution is 7.14. The highest BCUT2D eigenvalue weighted by Crippen LogP contribution is 2.16. The summed E-state index contributed by atoms with van der Waals surface area (Å²) in [4.78, 5) is 21.7. The fourth-order valence-corrected chi connectivity index (χ4v) is 3.60. The average Bonchev–Trinajstić information content (AvgIpc) is 3.14. The Kier molecular flexibility index (Phi) is 6.64. The number of piperazine rings is 1. The molecule has 0 aliphatic carbocycles. The number of nitrogens with zero attached hydrogens (tertiary/aromatic N) is 3. The Balaban J connectivity index is 1.59. The summed E-state index contributed by atoms with van der Waals surface area (Å²) in [5.74, 6) is 6.06. The van der Waals surface area contributed by atoms with Gasteiger partial charge < -0.3 is 9.64 Å². The second-order valence-electron chi connectivity index (χ2n) is 5.92. The number of rotatable bonds is 4. The smallest absolute Gasteiger partial charge is 0.265 e. The molecular weight excluding hydrogens is 370 g/mol. The summed E-state index contributed by atoms with van der Waals surface area (Å²) in [6, 6.07) is 7.36. The molecule has 1 aromatic carbocycles. The van der Waals surface area contributed by atoms with Gasteiger partial charge in [0.1, 0.15) is 4.88 Å². The van der Waals surface area contributed by atoms with Crippen molar-refractivity contribution in [1.82, 2.24) is 14.8 Å². The van der Waals surface area contributed by atoms with E-state index in [0.29, 0.717) is 14.9 Å². The highest BCUT2D eigenvalue weighted by atomic mass is 35.5. The number of carbonyl (C=O) groups is 1. The number of methoxy groups -OCH3 is 1. The van der Waals surface area contributed by atoms with Crippen LogP contribution in [0.5, 0.6) is 0 Å². The van der Waals surface area contributed by atoms with E-state index in [0.717, 1.165) is 44.9 Å². The van der Waals surface area contributed by atoms with Crippen LogP contribution < -0.4 is 0 Å². The SMILES string of the molecule is COCCN1CCN(C(=O)c2cnc(C#Cc3cccc(Cl)c3)s2)CC1. The lowest BCUT2D eigenvalue weighted by molar-refractivity contribution is 0.0598. The predicted octanol–water partition coefficient (Wildman–Crippen LogP) is 2.60. The molecule has 1 fully saturated rings. The van der Waals surface area contributed by atoms with Gasteiger partial charge in [0, 0.05) is 50.4 Å². The first-order valence-corrected chi connectivity index (χ1v) is 9.59. The van der Waals surface area contributed by atoms with Crippen LogP contribution in [0.3, 0.4) is 0 Å². The summed E-state index contributed by atoms with van der Waals surface area (Å²) in [7, 11) is 1.70. The van der Waals surface area contributed by atoms with E-state index in [2.05, 4.69) is 21.7 Å². The second kappa shape index (κ2) is 9.15. The van der Waals surface area contributed by atoms with E-state index in [9.17, 15) is 4.79 Å². The molecule has 0 spiro atoms. The van der Waals surface area contributed by atoms with Crippen LogP contribution in [-0.4, -0.2) is 67.1 Å². The Bertz CT molecular complexity index is 819. The number of ether oxygens (including phenoxy) is 1. The molecule has 2 heterocycles. The number of amides is 1. The van der Waals surface area contributed by atoms with Gasteiger partial charge in [-0.15, -0.1) is 11.3 Å². The summed E-state index contributed by atoms with van der Waals surface area (Å²) in [5.41, 5.74) is 0.827. The van der Waals surface area contributed by atoms with Crippen molar-refractivity contribution in [2.45, 2.75) is 0 Å². The first-order valence-electron chi connectivity index (χ1n) is 8.39. The largest absolute Gasteiger partial charge is 0.383 e. The molecule has 0 unspecified atom stereocenters. The van der Waals surface area contributed by atoms with Crippen molar-refractivity contribution < 1.29 is 9.53 Å². The van der Waals surface area contributed by atoms with Crippen LogP contribution in [0.2, 0.25) is 5.02 Å². The lowest BCUT2D eigenvalue weighted by Gasteiger charge is -2.34. The highest BCUT2D eigenvalue weighted by Gasteiger charge is 2.23. The summed E-state index contributed by atoms with van der Waals surface area (Å²) in [5, 5.41) is 1.28. The monoisotopic (exact) mass is 389 g/mol. The van der Waals surface area contributed by atoms with Crippen LogP contribution in [0.15, 0.2) is 30.5 Å². The molecule has 26 heavy (non-hydrogen) atoms.